The van der Waals surface area contributed by atoms with Gasteiger partial charge in [0, 0.05) is 6.61 Å². The third kappa shape index (κ3) is 1.83. The minimum absolute atomic E-state index is 0.208. The van der Waals surface area contributed by atoms with Crippen LogP contribution in [-0.4, -0.2) is 6.61 Å². The number of benzene rings is 2. The topological polar surface area (TPSA) is 9.23 Å². The molecule has 1 atom stereocenters. The van der Waals surface area contributed by atoms with E-state index in [4.69, 9.17) is 4.74 Å². The molecule has 0 N–H and O–H groups in total. The highest BCUT2D eigenvalue weighted by molar-refractivity contribution is 5.37. The predicted octanol–water partition coefficient (Wildman–Crippen LogP) is 3.88. The van der Waals surface area contributed by atoms with Crippen LogP contribution in [0.4, 0.5) is 4.39 Å². The molecule has 1 saturated heterocycles. The van der Waals surface area contributed by atoms with Crippen LogP contribution in [0.3, 0.4) is 0 Å². The summed E-state index contributed by atoms with van der Waals surface area (Å²) < 4.78 is 19.1. The first-order chi connectivity index (χ1) is 8.81. The van der Waals surface area contributed by atoms with Crippen LogP contribution in [-0.2, 0) is 10.3 Å². The van der Waals surface area contributed by atoms with Crippen molar-refractivity contribution in [3.63, 3.8) is 0 Å². The van der Waals surface area contributed by atoms with Crippen LogP contribution in [0.5, 0.6) is 0 Å². The molecule has 1 heterocycles. The molecular weight excluding hydrogens is 227 g/mol. The second kappa shape index (κ2) is 4.54. The number of hydrogen-bond donors (Lipinski definition) is 0. The average molecular weight is 242 g/mol. The molecule has 1 aliphatic heterocycles. The van der Waals surface area contributed by atoms with Crippen molar-refractivity contribution in [1.29, 1.82) is 0 Å². The molecule has 0 unspecified atom stereocenters. The van der Waals surface area contributed by atoms with E-state index in [1.54, 1.807) is 0 Å². The minimum Gasteiger partial charge on any atom is -0.366 e. The minimum atomic E-state index is -0.394. The summed E-state index contributed by atoms with van der Waals surface area (Å²) in [7, 11) is 0. The summed E-state index contributed by atoms with van der Waals surface area (Å²) >= 11 is 0. The van der Waals surface area contributed by atoms with E-state index >= 15 is 0 Å². The van der Waals surface area contributed by atoms with E-state index in [9.17, 15) is 4.39 Å². The molecule has 2 aromatic carbocycles. The Morgan fingerprint density at radius 2 is 1.56 bits per heavy atom. The lowest BCUT2D eigenvalue weighted by molar-refractivity contribution is 0.0359. The van der Waals surface area contributed by atoms with Gasteiger partial charge in [0.05, 0.1) is 0 Å². The highest BCUT2D eigenvalue weighted by atomic mass is 19.1. The molecule has 92 valence electrons. The van der Waals surface area contributed by atoms with Crippen LogP contribution in [0, 0.1) is 5.82 Å². The zero-order valence-corrected chi connectivity index (χ0v) is 10.1. The van der Waals surface area contributed by atoms with Gasteiger partial charge in [0.1, 0.15) is 11.4 Å². The van der Waals surface area contributed by atoms with Crippen molar-refractivity contribution in [2.75, 3.05) is 6.61 Å². The van der Waals surface area contributed by atoms with Crippen molar-refractivity contribution in [2.24, 2.45) is 0 Å². The van der Waals surface area contributed by atoms with Crippen LogP contribution in [0.15, 0.2) is 54.6 Å². The molecule has 1 aliphatic rings. The lowest BCUT2D eigenvalue weighted by Crippen LogP contribution is -2.26. The molecule has 1 nitrogen and oxygen atoms in total. The Hall–Kier alpha value is -1.67. The fraction of sp³-hybridized carbons (Fsp3) is 0.250. The molecule has 0 saturated carbocycles. The van der Waals surface area contributed by atoms with Crippen molar-refractivity contribution >= 4 is 0 Å². The summed E-state index contributed by atoms with van der Waals surface area (Å²) in [5.41, 5.74) is 1.79. The van der Waals surface area contributed by atoms with E-state index < -0.39 is 5.60 Å². The number of hydrogen-bond acceptors (Lipinski definition) is 1. The van der Waals surface area contributed by atoms with E-state index in [1.807, 2.05) is 30.3 Å². The second-order valence-corrected chi connectivity index (χ2v) is 4.65. The maximum absolute atomic E-state index is 13.1. The van der Waals surface area contributed by atoms with Crippen molar-refractivity contribution < 1.29 is 9.13 Å². The predicted molar refractivity (Wildman–Crippen MR) is 68.8 cm³/mol. The molecule has 0 bridgehead atoms. The van der Waals surface area contributed by atoms with E-state index in [2.05, 4.69) is 12.1 Å². The lowest BCUT2D eigenvalue weighted by atomic mass is 9.84. The van der Waals surface area contributed by atoms with Crippen LogP contribution in [0.25, 0.3) is 0 Å². The van der Waals surface area contributed by atoms with Gasteiger partial charge in [-0.15, -0.1) is 0 Å². The molecule has 1 fully saturated rings. The summed E-state index contributed by atoms with van der Waals surface area (Å²) in [5, 5.41) is 0. The third-order valence-electron chi connectivity index (χ3n) is 3.57. The zero-order chi connectivity index (χ0) is 12.4. The molecule has 0 aliphatic carbocycles. The number of halogens is 1. The Balaban J connectivity index is 2.10. The highest BCUT2D eigenvalue weighted by Crippen LogP contribution is 2.42. The van der Waals surface area contributed by atoms with Gasteiger partial charge in [-0.1, -0.05) is 42.5 Å². The van der Waals surface area contributed by atoms with Crippen molar-refractivity contribution in [3.8, 4) is 0 Å². The van der Waals surface area contributed by atoms with Crippen LogP contribution in [0.1, 0.15) is 24.0 Å². The van der Waals surface area contributed by atoms with Gasteiger partial charge in [-0.3, -0.25) is 0 Å². The molecule has 0 radical (unpaired) electrons. The molecule has 2 aromatic rings. The Labute approximate surface area is 106 Å². The third-order valence-corrected chi connectivity index (χ3v) is 3.57. The standard InChI is InChI=1S/C16H15FO/c17-15-9-7-14(8-10-15)16(11-4-12-18-16)13-5-2-1-3-6-13/h1-3,5-10H,4,11-12H2/t16-/m1/s1. The summed E-state index contributed by atoms with van der Waals surface area (Å²) in [6.07, 6.45) is 1.98. The van der Waals surface area contributed by atoms with Gasteiger partial charge in [0.25, 0.3) is 0 Å². The highest BCUT2D eigenvalue weighted by Gasteiger charge is 2.38. The summed E-state index contributed by atoms with van der Waals surface area (Å²) in [6, 6.07) is 16.8. The SMILES string of the molecule is Fc1ccc([C@]2(c3ccccc3)CCCO2)cc1. The normalized spacial score (nSPS) is 23.2. The van der Waals surface area contributed by atoms with Crippen LogP contribution < -0.4 is 0 Å². The smallest absolute Gasteiger partial charge is 0.123 e. The van der Waals surface area contributed by atoms with Gasteiger partial charge in [0.2, 0.25) is 0 Å². The lowest BCUT2D eigenvalue weighted by Gasteiger charge is -2.29. The first-order valence-corrected chi connectivity index (χ1v) is 6.27. The fourth-order valence-electron chi connectivity index (χ4n) is 2.69. The van der Waals surface area contributed by atoms with E-state index in [0.717, 1.165) is 30.6 Å². The zero-order valence-electron chi connectivity index (χ0n) is 10.1. The molecular formula is C16H15FO. The van der Waals surface area contributed by atoms with Gasteiger partial charge < -0.3 is 4.74 Å². The monoisotopic (exact) mass is 242 g/mol. The van der Waals surface area contributed by atoms with Gasteiger partial charge in [-0.2, -0.15) is 0 Å². The average Bonchev–Trinajstić information content (AvgIpc) is 2.91. The summed E-state index contributed by atoms with van der Waals surface area (Å²) in [4.78, 5) is 0. The van der Waals surface area contributed by atoms with Gasteiger partial charge >= 0.3 is 0 Å². The molecule has 18 heavy (non-hydrogen) atoms. The van der Waals surface area contributed by atoms with Crippen molar-refractivity contribution in [1.82, 2.24) is 0 Å². The van der Waals surface area contributed by atoms with E-state index in [-0.39, 0.29) is 5.82 Å². The largest absolute Gasteiger partial charge is 0.366 e. The molecule has 0 spiro atoms. The number of rotatable bonds is 2. The molecule has 3 rings (SSSR count). The van der Waals surface area contributed by atoms with Crippen molar-refractivity contribution in [3.05, 3.63) is 71.5 Å². The first kappa shape index (κ1) is 11.4. The number of ether oxygens (including phenoxy) is 1. The van der Waals surface area contributed by atoms with E-state index in [0.29, 0.717) is 0 Å². The Bertz CT molecular complexity index is 513. The molecule has 0 aromatic heterocycles. The summed E-state index contributed by atoms with van der Waals surface area (Å²) in [6.45, 7) is 0.756. The Morgan fingerprint density at radius 3 is 2.17 bits per heavy atom. The Kier molecular flexibility index (Phi) is 2.88. The van der Waals surface area contributed by atoms with Crippen LogP contribution in [0.2, 0.25) is 0 Å². The fourth-order valence-corrected chi connectivity index (χ4v) is 2.69. The van der Waals surface area contributed by atoms with E-state index in [1.165, 1.54) is 12.1 Å². The van der Waals surface area contributed by atoms with Crippen molar-refractivity contribution in [2.45, 2.75) is 18.4 Å². The molecule has 0 amide bonds. The van der Waals surface area contributed by atoms with Crippen LogP contribution >= 0.6 is 0 Å². The summed E-state index contributed by atoms with van der Waals surface area (Å²) in [5.74, 6) is -0.208. The first-order valence-electron chi connectivity index (χ1n) is 6.27. The quantitative estimate of drug-likeness (QED) is 0.776. The second-order valence-electron chi connectivity index (χ2n) is 4.65. The Morgan fingerprint density at radius 1 is 0.889 bits per heavy atom. The maximum Gasteiger partial charge on any atom is 0.123 e. The van der Waals surface area contributed by atoms with Gasteiger partial charge in [0.15, 0.2) is 0 Å². The molecule has 2 heteroatoms. The maximum atomic E-state index is 13.1. The van der Waals surface area contributed by atoms with Gasteiger partial charge in [-0.05, 0) is 36.1 Å². The van der Waals surface area contributed by atoms with Gasteiger partial charge in [-0.25, -0.2) is 4.39 Å².